The molecule has 19 heavy (non-hydrogen) atoms. The molecule has 0 aliphatic heterocycles. The Labute approximate surface area is 123 Å². The second-order valence-corrected chi connectivity index (χ2v) is 2.96. The summed E-state index contributed by atoms with van der Waals surface area (Å²) in [5.41, 5.74) is 0.202. The zero-order valence-corrected chi connectivity index (χ0v) is 11.2. The van der Waals surface area contributed by atoms with Gasteiger partial charge in [-0.3, -0.25) is 4.79 Å². The van der Waals surface area contributed by atoms with Crippen molar-refractivity contribution in [3.8, 4) is 0 Å². The molecule has 2 aromatic rings. The topological polar surface area (TPSA) is 43.4 Å². The van der Waals surface area contributed by atoms with Crippen LogP contribution in [0, 0.1) is 48.5 Å². The van der Waals surface area contributed by atoms with Crippen molar-refractivity contribution in [3.63, 3.8) is 0 Å². The number of carbonyl (C=O) groups is 2. The Hall–Kier alpha value is -1.64. The normalized spacial score (nSPS) is 8.68. The first-order valence-corrected chi connectivity index (χ1v) is 5.14. The van der Waals surface area contributed by atoms with E-state index in [4.69, 9.17) is 0 Å². The van der Waals surface area contributed by atoms with Crippen LogP contribution in [0.15, 0.2) is 6.07 Å². The van der Waals surface area contributed by atoms with Crippen LogP contribution in [0.1, 0.15) is 23.7 Å². The van der Waals surface area contributed by atoms with Crippen molar-refractivity contribution >= 4 is 11.8 Å². The van der Waals surface area contributed by atoms with Crippen molar-refractivity contribution in [2.24, 2.45) is 0 Å². The molecular formula is C15H8FeO3-10. The first kappa shape index (κ1) is 17.4. The molecule has 0 aromatic heterocycles. The standard InChI is InChI=1S/C10H7O3.C5H.Fe/c1-2-13-10(12)7-9(11)8-5-3-4-6-8;1-2-4-5-3-1;/h2,7H2,1H3;1H;/q2*-5;. The summed E-state index contributed by atoms with van der Waals surface area (Å²) in [6.07, 6.45) is -0.271. The van der Waals surface area contributed by atoms with Gasteiger partial charge < -0.3 is 69.7 Å². The number of ketones is 1. The Morgan fingerprint density at radius 2 is 1.68 bits per heavy atom. The van der Waals surface area contributed by atoms with Crippen LogP contribution in [0.2, 0.25) is 0 Å². The van der Waals surface area contributed by atoms with Gasteiger partial charge in [0, 0.05) is 17.1 Å². The third kappa shape index (κ3) is 7.39. The minimum Gasteiger partial charge on any atom is -0.999 e. The zero-order chi connectivity index (χ0) is 13.2. The quantitative estimate of drug-likeness (QED) is 0.281. The molecule has 104 valence electrons. The molecule has 0 atom stereocenters. The van der Waals surface area contributed by atoms with Crippen molar-refractivity contribution in [2.75, 3.05) is 6.61 Å². The third-order valence-electron chi connectivity index (χ3n) is 1.68. The fourth-order valence-corrected chi connectivity index (χ4v) is 0.970. The van der Waals surface area contributed by atoms with Gasteiger partial charge in [0.25, 0.3) is 5.97 Å². The van der Waals surface area contributed by atoms with Gasteiger partial charge in [0.05, 0.1) is 6.61 Å². The summed E-state index contributed by atoms with van der Waals surface area (Å²) < 4.78 is 4.60. The second kappa shape index (κ2) is 10.3. The van der Waals surface area contributed by atoms with E-state index in [9.17, 15) is 9.59 Å². The number of carbonyl (C=O) groups excluding carboxylic acids is 2. The van der Waals surface area contributed by atoms with E-state index in [1.165, 1.54) is 0 Å². The first-order chi connectivity index (χ1) is 8.74. The maximum absolute atomic E-state index is 11.2. The van der Waals surface area contributed by atoms with Crippen LogP contribution in [0.3, 0.4) is 0 Å². The Bertz CT molecular complexity index is 426. The van der Waals surface area contributed by atoms with Gasteiger partial charge in [-0.2, -0.15) is 0 Å². The molecule has 0 saturated carbocycles. The predicted octanol–water partition coefficient (Wildman–Crippen LogP) is 1.35. The van der Waals surface area contributed by atoms with E-state index < -0.39 is 5.97 Å². The van der Waals surface area contributed by atoms with Crippen LogP contribution in [-0.4, -0.2) is 18.4 Å². The van der Waals surface area contributed by atoms with Gasteiger partial charge in [0.2, 0.25) is 0 Å². The fraction of sp³-hybridized carbons (Fsp3) is 0.200. The number of hydrogen-bond donors (Lipinski definition) is 0. The summed E-state index contributed by atoms with van der Waals surface area (Å²) in [4.78, 5) is 22.0. The minimum absolute atomic E-state index is 0. The summed E-state index contributed by atoms with van der Waals surface area (Å²) >= 11 is 0. The van der Waals surface area contributed by atoms with Crippen molar-refractivity contribution < 1.29 is 31.4 Å². The predicted molar refractivity (Wildman–Crippen MR) is 60.3 cm³/mol. The fourth-order valence-electron chi connectivity index (χ4n) is 0.970. The summed E-state index contributed by atoms with van der Waals surface area (Å²) in [6.45, 7) is 1.96. The second-order valence-electron chi connectivity index (χ2n) is 2.96. The van der Waals surface area contributed by atoms with Gasteiger partial charge in [0.15, 0.2) is 0 Å². The van der Waals surface area contributed by atoms with Crippen LogP contribution in [-0.2, 0) is 26.6 Å². The van der Waals surface area contributed by atoms with E-state index in [0.717, 1.165) is 0 Å². The molecule has 0 aliphatic carbocycles. The Morgan fingerprint density at radius 3 is 2.11 bits per heavy atom. The molecule has 0 amide bonds. The monoisotopic (exact) mass is 292 g/mol. The molecule has 0 heterocycles. The molecule has 0 aliphatic rings. The average Bonchev–Trinajstić information content (AvgIpc) is 3.06. The Balaban J connectivity index is 0.000000454. The maximum atomic E-state index is 11.2. The largest absolute Gasteiger partial charge is 0.999 e. The molecule has 2 aromatic carbocycles. The Kier molecular flexibility index (Phi) is 9.41. The number of rotatable bonds is 4. The average molecular weight is 292 g/mol. The van der Waals surface area contributed by atoms with E-state index in [1.807, 2.05) is 0 Å². The van der Waals surface area contributed by atoms with Gasteiger partial charge in [-0.1, -0.05) is 0 Å². The molecule has 3 nitrogen and oxygen atoms in total. The summed E-state index contributed by atoms with van der Waals surface area (Å²) in [5, 5.41) is 0. The molecular weight excluding hydrogens is 284 g/mol. The van der Waals surface area contributed by atoms with Crippen molar-refractivity contribution in [2.45, 2.75) is 13.3 Å². The number of hydrogen-bond acceptors (Lipinski definition) is 3. The van der Waals surface area contributed by atoms with Gasteiger partial charge in [-0.15, -0.1) is 0 Å². The molecule has 2 rings (SSSR count). The molecule has 0 radical (unpaired) electrons. The first-order valence-electron chi connectivity index (χ1n) is 5.14. The third-order valence-corrected chi connectivity index (χ3v) is 1.68. The van der Waals surface area contributed by atoms with Gasteiger partial charge >= 0.3 is 0 Å². The van der Waals surface area contributed by atoms with Crippen LogP contribution in [0.25, 0.3) is 0 Å². The van der Waals surface area contributed by atoms with Crippen molar-refractivity contribution in [3.05, 3.63) is 60.2 Å². The molecule has 0 unspecified atom stereocenters. The smallest absolute Gasteiger partial charge is 0.285 e. The summed E-state index contributed by atoms with van der Waals surface area (Å²) in [7, 11) is 0. The number of esters is 1. The number of ether oxygens (including phenoxy) is 1. The van der Waals surface area contributed by atoms with E-state index in [-0.39, 0.29) is 41.4 Å². The summed E-state index contributed by atoms with van der Waals surface area (Å²) in [5.74, 6) is -0.897. The van der Waals surface area contributed by atoms with Crippen LogP contribution in [0.5, 0.6) is 0 Å². The number of Topliss-reactive ketones (excluding diaryl/α,β-unsaturated/α-hetero) is 1. The van der Waals surface area contributed by atoms with E-state index in [0.29, 0.717) is 0 Å². The molecule has 0 saturated heterocycles. The van der Waals surface area contributed by atoms with Gasteiger partial charge in [-0.25, -0.2) is 5.78 Å². The van der Waals surface area contributed by atoms with Crippen molar-refractivity contribution in [1.29, 1.82) is 0 Å². The van der Waals surface area contributed by atoms with E-state index in [2.05, 4.69) is 53.3 Å². The zero-order valence-electron chi connectivity index (χ0n) is 10.1. The molecule has 4 heteroatoms. The molecule has 0 bridgehead atoms. The molecule has 0 N–H and O–H groups in total. The maximum Gasteiger partial charge on any atom is 0.285 e. The van der Waals surface area contributed by atoms with Crippen molar-refractivity contribution in [1.82, 2.24) is 0 Å². The SMILES string of the molecule is CCOC(=O)CC(=O)[c-]1[c-][c-][c-][c-]1.[Fe].[c-]1[c-][c-][cH-][c-]1. The molecule has 0 fully saturated rings. The van der Waals surface area contributed by atoms with Crippen LogP contribution in [0.4, 0.5) is 0 Å². The van der Waals surface area contributed by atoms with Gasteiger partial charge in [-0.05, 0) is 13.3 Å². The van der Waals surface area contributed by atoms with Crippen LogP contribution < -0.4 is 0 Å². The van der Waals surface area contributed by atoms with E-state index >= 15 is 0 Å². The Morgan fingerprint density at radius 1 is 1.11 bits per heavy atom. The van der Waals surface area contributed by atoms with Gasteiger partial charge in [0.1, 0.15) is 0 Å². The van der Waals surface area contributed by atoms with E-state index in [1.54, 1.807) is 13.0 Å². The van der Waals surface area contributed by atoms with Crippen LogP contribution >= 0.6 is 0 Å². The summed E-state index contributed by atoms with van der Waals surface area (Å²) in [6, 6.07) is 21.9. The minimum atomic E-state index is -0.532. The molecule has 0 spiro atoms.